The predicted molar refractivity (Wildman–Crippen MR) is 126 cm³/mol. The lowest BCUT2D eigenvalue weighted by Gasteiger charge is -2.28. The molecule has 1 aromatic heterocycles. The number of para-hydroxylation sites is 1. The quantitative estimate of drug-likeness (QED) is 0.402. The van der Waals surface area contributed by atoms with Gasteiger partial charge in [0.05, 0.1) is 20.6 Å². The Balaban J connectivity index is 1.47. The van der Waals surface area contributed by atoms with Gasteiger partial charge in [-0.3, -0.25) is 9.59 Å². The molecule has 0 fully saturated rings. The van der Waals surface area contributed by atoms with Gasteiger partial charge in [-0.05, 0) is 30.2 Å². The van der Waals surface area contributed by atoms with Crippen molar-refractivity contribution in [2.45, 2.75) is 25.4 Å². The van der Waals surface area contributed by atoms with E-state index in [4.69, 9.17) is 9.72 Å². The summed E-state index contributed by atoms with van der Waals surface area (Å²) >= 11 is 1.58. The van der Waals surface area contributed by atoms with Gasteiger partial charge in [0.2, 0.25) is 5.91 Å². The summed E-state index contributed by atoms with van der Waals surface area (Å²) in [7, 11) is 0. The van der Waals surface area contributed by atoms with Crippen molar-refractivity contribution >= 4 is 33.4 Å². The number of amides is 1. The Morgan fingerprint density at radius 1 is 0.938 bits per heavy atom. The van der Waals surface area contributed by atoms with Gasteiger partial charge in [0.15, 0.2) is 0 Å². The monoisotopic (exact) mass is 444 g/mol. The molecule has 0 bridgehead atoms. The highest BCUT2D eigenvalue weighted by Crippen LogP contribution is 2.32. The molecule has 4 aromatic rings. The topological polar surface area (TPSA) is 68.3 Å². The van der Waals surface area contributed by atoms with Crippen LogP contribution in [0.1, 0.15) is 23.1 Å². The Morgan fingerprint density at radius 2 is 1.59 bits per heavy atom. The molecule has 6 heteroatoms. The molecule has 0 saturated carbocycles. The molecule has 1 N–H and O–H groups in total. The third kappa shape index (κ3) is 5.03. The maximum absolute atomic E-state index is 13.3. The van der Waals surface area contributed by atoms with Crippen molar-refractivity contribution in [2.75, 3.05) is 6.54 Å². The van der Waals surface area contributed by atoms with Gasteiger partial charge in [-0.2, -0.15) is 0 Å². The number of aromatic nitrogens is 1. The van der Waals surface area contributed by atoms with Crippen molar-refractivity contribution in [1.29, 1.82) is 0 Å². The number of nitrogens with one attached hydrogen (secondary N) is 1. The van der Waals surface area contributed by atoms with Gasteiger partial charge in [0, 0.05) is 6.42 Å². The van der Waals surface area contributed by atoms with Crippen LogP contribution in [0.4, 0.5) is 0 Å². The summed E-state index contributed by atoms with van der Waals surface area (Å²) in [6, 6.07) is 27.0. The van der Waals surface area contributed by atoms with Crippen molar-refractivity contribution in [3.63, 3.8) is 0 Å². The lowest BCUT2D eigenvalue weighted by atomic mass is 9.78. The lowest BCUT2D eigenvalue weighted by Crippen LogP contribution is -2.45. The number of carbonyl (C=O) groups is 2. The molecule has 4 rings (SSSR count). The zero-order chi connectivity index (χ0) is 22.4. The molecule has 1 heterocycles. The van der Waals surface area contributed by atoms with E-state index in [-0.39, 0.29) is 19.1 Å². The maximum atomic E-state index is 13.3. The number of rotatable bonds is 8. The molecule has 0 radical (unpaired) electrons. The molecule has 1 unspecified atom stereocenters. The van der Waals surface area contributed by atoms with Crippen molar-refractivity contribution in [3.05, 3.63) is 101 Å². The summed E-state index contributed by atoms with van der Waals surface area (Å²) < 4.78 is 6.38. The van der Waals surface area contributed by atoms with Crippen LogP contribution in [0.15, 0.2) is 84.9 Å². The molecular weight excluding hydrogens is 420 g/mol. The van der Waals surface area contributed by atoms with E-state index in [2.05, 4.69) is 5.32 Å². The van der Waals surface area contributed by atoms with Crippen molar-refractivity contribution in [3.8, 4) is 0 Å². The molecule has 1 atom stereocenters. The number of ether oxygens (including phenoxy) is 1. The van der Waals surface area contributed by atoms with Crippen molar-refractivity contribution in [2.24, 2.45) is 0 Å². The molecule has 3 aromatic carbocycles. The average Bonchev–Trinajstić information content (AvgIpc) is 3.24. The van der Waals surface area contributed by atoms with E-state index in [9.17, 15) is 9.59 Å². The highest BCUT2D eigenvalue weighted by atomic mass is 32.1. The molecule has 0 aliphatic rings. The Morgan fingerprint density at radius 3 is 2.31 bits per heavy atom. The van der Waals surface area contributed by atoms with Crippen molar-refractivity contribution < 1.29 is 14.3 Å². The summed E-state index contributed by atoms with van der Waals surface area (Å²) in [4.78, 5) is 30.2. The second-order valence-corrected chi connectivity index (χ2v) is 8.89. The standard InChI is InChI=1S/C26H24N2O3S/c1-26(20-12-6-3-7-13-20,16-23-28-21-14-8-9-15-22(21)32-23)25(30)27-17-24(29)31-18-19-10-4-2-5-11-19/h2-15H,16-18H2,1H3,(H,27,30). The fourth-order valence-corrected chi connectivity index (χ4v) is 4.68. The van der Waals surface area contributed by atoms with Gasteiger partial charge in [-0.25, -0.2) is 4.98 Å². The number of hydrogen-bond donors (Lipinski definition) is 1. The van der Waals surface area contributed by atoms with E-state index in [1.807, 2.05) is 91.9 Å². The highest BCUT2D eigenvalue weighted by molar-refractivity contribution is 7.18. The lowest BCUT2D eigenvalue weighted by molar-refractivity contribution is -0.145. The minimum atomic E-state index is -0.880. The van der Waals surface area contributed by atoms with Crippen LogP contribution in [0.2, 0.25) is 0 Å². The third-order valence-electron chi connectivity index (χ3n) is 5.39. The Hall–Kier alpha value is -3.51. The number of thiazole rings is 1. The molecule has 162 valence electrons. The molecule has 5 nitrogen and oxygen atoms in total. The van der Waals surface area contributed by atoms with E-state index in [0.29, 0.717) is 6.42 Å². The summed E-state index contributed by atoms with van der Waals surface area (Å²) in [6.45, 7) is 1.88. The third-order valence-corrected chi connectivity index (χ3v) is 6.43. The van der Waals surface area contributed by atoms with E-state index in [0.717, 1.165) is 26.4 Å². The fraction of sp³-hybridized carbons (Fsp3) is 0.192. The van der Waals surface area contributed by atoms with Crippen molar-refractivity contribution in [1.82, 2.24) is 10.3 Å². The number of carbonyl (C=O) groups excluding carboxylic acids is 2. The fourth-order valence-electron chi connectivity index (χ4n) is 3.55. The van der Waals surface area contributed by atoms with Crippen LogP contribution in [-0.4, -0.2) is 23.4 Å². The molecule has 0 spiro atoms. The van der Waals surface area contributed by atoms with Gasteiger partial charge < -0.3 is 10.1 Å². The first kappa shape index (κ1) is 21.7. The minimum absolute atomic E-state index is 0.178. The van der Waals surface area contributed by atoms with Gasteiger partial charge in [0.25, 0.3) is 0 Å². The summed E-state index contributed by atoms with van der Waals surface area (Å²) in [5.41, 5.74) is 1.81. The number of hydrogen-bond acceptors (Lipinski definition) is 5. The maximum Gasteiger partial charge on any atom is 0.325 e. The molecule has 32 heavy (non-hydrogen) atoms. The average molecular weight is 445 g/mol. The Labute approximate surface area is 191 Å². The van der Waals surface area contributed by atoms with E-state index >= 15 is 0 Å². The van der Waals surface area contributed by atoms with Crippen LogP contribution < -0.4 is 5.32 Å². The van der Waals surface area contributed by atoms with Crippen LogP contribution >= 0.6 is 11.3 Å². The van der Waals surface area contributed by atoms with Crippen LogP contribution in [0, 0.1) is 0 Å². The minimum Gasteiger partial charge on any atom is -0.460 e. The van der Waals surface area contributed by atoms with Crippen LogP contribution in [0.5, 0.6) is 0 Å². The molecule has 0 saturated heterocycles. The number of benzene rings is 3. The summed E-state index contributed by atoms with van der Waals surface area (Å²) in [6.07, 6.45) is 0.432. The first-order valence-electron chi connectivity index (χ1n) is 10.4. The first-order chi connectivity index (χ1) is 15.5. The predicted octanol–water partition coefficient (Wildman–Crippen LogP) is 4.66. The smallest absolute Gasteiger partial charge is 0.325 e. The van der Waals surface area contributed by atoms with Gasteiger partial charge >= 0.3 is 5.97 Å². The van der Waals surface area contributed by atoms with Gasteiger partial charge in [-0.1, -0.05) is 72.8 Å². The van der Waals surface area contributed by atoms with Crippen LogP contribution in [0.25, 0.3) is 10.2 Å². The summed E-state index contributed by atoms with van der Waals surface area (Å²) in [5.74, 6) is -0.711. The SMILES string of the molecule is CC(Cc1nc2ccccc2s1)(C(=O)NCC(=O)OCc1ccccc1)c1ccccc1. The number of fused-ring (bicyclic) bond motifs is 1. The zero-order valence-corrected chi connectivity index (χ0v) is 18.6. The van der Waals surface area contributed by atoms with Gasteiger partial charge in [-0.15, -0.1) is 11.3 Å². The number of esters is 1. The zero-order valence-electron chi connectivity index (χ0n) is 17.8. The van der Waals surface area contributed by atoms with E-state index in [1.165, 1.54) is 0 Å². The van der Waals surface area contributed by atoms with Crippen LogP contribution in [0.3, 0.4) is 0 Å². The van der Waals surface area contributed by atoms with E-state index in [1.54, 1.807) is 11.3 Å². The Kier molecular flexibility index (Phi) is 6.61. The molecule has 0 aliphatic carbocycles. The second-order valence-electron chi connectivity index (χ2n) is 7.78. The highest BCUT2D eigenvalue weighted by Gasteiger charge is 2.36. The van der Waals surface area contributed by atoms with E-state index < -0.39 is 11.4 Å². The second kappa shape index (κ2) is 9.75. The summed E-state index contributed by atoms with van der Waals surface area (Å²) in [5, 5.41) is 3.65. The first-order valence-corrected chi connectivity index (χ1v) is 11.2. The molecule has 1 amide bonds. The number of nitrogens with zero attached hydrogens (tertiary/aromatic N) is 1. The van der Waals surface area contributed by atoms with Crippen LogP contribution in [-0.2, 0) is 32.8 Å². The largest absolute Gasteiger partial charge is 0.460 e. The molecular formula is C26H24N2O3S. The molecule has 0 aliphatic heterocycles. The Bertz CT molecular complexity index is 1170. The normalized spacial score (nSPS) is 12.8. The van der Waals surface area contributed by atoms with Gasteiger partial charge in [0.1, 0.15) is 13.2 Å².